The zero-order valence-corrected chi connectivity index (χ0v) is 37.7. The molecule has 5 heteroatoms. The Morgan fingerprint density at radius 2 is 1.27 bits per heavy atom. The first kappa shape index (κ1) is 30.9. The second kappa shape index (κ2) is 15.4. The Morgan fingerprint density at radius 1 is 0.642 bits per heavy atom. The second-order valence-electron chi connectivity index (χ2n) is 20.2. The summed E-state index contributed by atoms with van der Waals surface area (Å²) in [6.45, 7) is 6.57. The molecule has 3 aromatic heterocycles. The van der Waals surface area contributed by atoms with Crippen molar-refractivity contribution in [1.82, 2.24) is 14.1 Å². The summed E-state index contributed by atoms with van der Waals surface area (Å²) >= 11 is 0. The third kappa shape index (κ3) is 6.81. The topological polar surface area (TPSA) is 35.9 Å². The minimum Gasteiger partial charge on any atom is -0.458 e. The van der Waals surface area contributed by atoms with Crippen LogP contribution in [0.1, 0.15) is 84.1 Å². The Bertz CT molecular complexity index is 3950. The highest BCUT2D eigenvalue weighted by molar-refractivity contribution is 6.09. The number of hydrogen-bond acceptors (Lipinski definition) is 2. The molecular weight excluding hydrogens is 817 g/mol. The molecule has 328 valence electrons. The molecule has 0 saturated heterocycles. The third-order valence-corrected chi connectivity index (χ3v) is 14.9. The largest absolute Gasteiger partial charge is 0.458 e. The lowest BCUT2D eigenvalue weighted by Crippen LogP contribution is -2.48. The van der Waals surface area contributed by atoms with E-state index in [2.05, 4.69) is 62.0 Å². The van der Waals surface area contributed by atoms with Crippen molar-refractivity contribution in [2.45, 2.75) is 70.1 Å². The number of imidazole rings is 1. The molecule has 0 aliphatic heterocycles. The Hall–Kier alpha value is -7.24. The smallest absolute Gasteiger partial charge is 0.269 e. The van der Waals surface area contributed by atoms with Gasteiger partial charge in [0.05, 0.1) is 47.1 Å². The summed E-state index contributed by atoms with van der Waals surface area (Å²) in [5.74, 6) is 3.48. The van der Waals surface area contributed by atoms with E-state index in [9.17, 15) is 5.48 Å². The van der Waals surface area contributed by atoms with E-state index in [0.29, 0.717) is 46.0 Å². The molecule has 4 aliphatic rings. The van der Waals surface area contributed by atoms with Gasteiger partial charge in [-0.3, -0.25) is 13.7 Å². The number of hydrogen-bond donors (Lipinski definition) is 0. The quantitative estimate of drug-likeness (QED) is 0.113. The van der Waals surface area contributed by atoms with Crippen molar-refractivity contribution < 1.29 is 23.0 Å². The molecule has 0 amide bonds. The summed E-state index contributed by atoms with van der Waals surface area (Å²) in [6.07, 6.45) is 11.7. The van der Waals surface area contributed by atoms with Gasteiger partial charge in [0.1, 0.15) is 17.3 Å². The Morgan fingerprint density at radius 3 is 1.96 bits per heavy atom. The van der Waals surface area contributed by atoms with Gasteiger partial charge in [0, 0.05) is 23.0 Å². The van der Waals surface area contributed by atoms with Crippen LogP contribution in [0.3, 0.4) is 0 Å². The van der Waals surface area contributed by atoms with Gasteiger partial charge in [-0.25, -0.2) is 4.98 Å². The van der Waals surface area contributed by atoms with E-state index < -0.39 is 60.4 Å². The van der Waals surface area contributed by atoms with E-state index in [-0.39, 0.29) is 38.8 Å². The molecule has 0 unspecified atom stereocenters. The number of nitrogens with zero attached hydrogens (tertiary/aromatic N) is 4. The molecule has 0 N–H and O–H groups in total. The fourth-order valence-corrected chi connectivity index (χ4v) is 12.3. The number of aromatic nitrogens is 4. The average Bonchev–Trinajstić information content (AvgIpc) is 4.00. The zero-order valence-electron chi connectivity index (χ0n) is 47.7. The monoisotopic (exact) mass is 880 g/mol. The van der Waals surface area contributed by atoms with E-state index in [4.69, 9.17) is 17.9 Å². The fraction of sp³-hybridized carbons (Fsp3) is 0.226. The van der Waals surface area contributed by atoms with Crippen molar-refractivity contribution in [3.05, 3.63) is 199 Å². The summed E-state index contributed by atoms with van der Waals surface area (Å²) in [5, 5.41) is 2.15. The first-order chi connectivity index (χ1) is 36.9. The van der Waals surface area contributed by atoms with Gasteiger partial charge in [-0.05, 0) is 149 Å². The van der Waals surface area contributed by atoms with Gasteiger partial charge >= 0.3 is 0 Å². The molecule has 0 spiro atoms. The molecule has 14 rings (SSSR count). The van der Waals surface area contributed by atoms with E-state index >= 15 is 0 Å². The number of benzene rings is 7. The zero-order chi connectivity index (χ0) is 53.6. The molecule has 5 nitrogen and oxygen atoms in total. The van der Waals surface area contributed by atoms with Crippen molar-refractivity contribution in [2.75, 3.05) is 0 Å². The van der Waals surface area contributed by atoms with Crippen molar-refractivity contribution >= 4 is 32.8 Å². The fourth-order valence-electron chi connectivity index (χ4n) is 12.3. The Labute approximate surface area is 407 Å². The number of para-hydroxylation sites is 3. The van der Waals surface area contributed by atoms with Crippen LogP contribution >= 0.6 is 0 Å². The third-order valence-electron chi connectivity index (χ3n) is 14.9. The summed E-state index contributed by atoms with van der Waals surface area (Å²) in [7, 11) is 0. The molecule has 4 aliphatic carbocycles. The van der Waals surface area contributed by atoms with Crippen LogP contribution in [0.15, 0.2) is 182 Å². The van der Waals surface area contributed by atoms with Crippen molar-refractivity contribution in [3.8, 4) is 50.9 Å². The molecule has 10 aromatic rings. The molecule has 3 heterocycles. The van der Waals surface area contributed by atoms with E-state index in [1.165, 1.54) is 5.56 Å². The van der Waals surface area contributed by atoms with Crippen molar-refractivity contribution in [1.29, 1.82) is 0 Å². The Kier molecular flexibility index (Phi) is 7.10. The van der Waals surface area contributed by atoms with Crippen LogP contribution in [0.25, 0.3) is 72.3 Å². The first-order valence-corrected chi connectivity index (χ1v) is 23.5. The summed E-state index contributed by atoms with van der Waals surface area (Å²) in [6, 6.07) is 33.0. The standard InChI is InChI=1S/C62H54N4O/c1-61(2,3)46-27-28-63-59(34-46)66-55-22-11-10-21-51(55)52-26-25-50(36-58(52)66)67-49-20-14-19-48(35-49)64-40-65(57-24-13-12-23-56(57)64)60-53(44-15-6-4-7-16-44)32-47(33-54(60)45-17-8-5-9-18-45)62-37-41-29-42(38-62)31-43(30-41)39-62/h4-28,32-36,41-43H,29-31,37-39H2,1-3H3/i4D,5D,6D,7D,8D,9D,15D,16D,17D,18D. The highest BCUT2D eigenvalue weighted by Gasteiger charge is 2.52. The molecule has 0 radical (unpaired) electrons. The van der Waals surface area contributed by atoms with Gasteiger partial charge in [-0.15, -0.1) is 0 Å². The minimum absolute atomic E-state index is 0.0481. The predicted octanol–water partition coefficient (Wildman–Crippen LogP) is 15.1. The lowest BCUT2D eigenvalue weighted by molar-refractivity contribution is -0.571. The number of rotatable bonds is 8. The second-order valence-corrected chi connectivity index (χ2v) is 20.2. The highest BCUT2D eigenvalue weighted by Crippen LogP contribution is 2.61. The molecule has 4 fully saturated rings. The molecule has 4 bridgehead atoms. The van der Waals surface area contributed by atoms with Crippen molar-refractivity contribution in [3.63, 3.8) is 0 Å². The highest BCUT2D eigenvalue weighted by atomic mass is 16.5. The normalized spacial score (nSPS) is 22.1. The molecule has 67 heavy (non-hydrogen) atoms. The summed E-state index contributed by atoms with van der Waals surface area (Å²) in [5.41, 5.74) is 6.28. The number of fused-ring (bicyclic) bond motifs is 4. The van der Waals surface area contributed by atoms with Crippen LogP contribution in [0.5, 0.6) is 11.5 Å². The number of pyridine rings is 1. The van der Waals surface area contributed by atoms with Gasteiger partial charge in [0.25, 0.3) is 6.33 Å². The van der Waals surface area contributed by atoms with Crippen LogP contribution in [0.4, 0.5) is 0 Å². The number of ether oxygens (including phenoxy) is 1. The maximum atomic E-state index is 9.48. The molecule has 4 saturated carbocycles. The van der Waals surface area contributed by atoms with E-state index in [1.54, 1.807) is 4.57 Å². The van der Waals surface area contributed by atoms with Crippen LogP contribution in [-0.2, 0) is 10.8 Å². The molecule has 0 atom stereocenters. The van der Waals surface area contributed by atoms with Gasteiger partial charge in [-0.2, -0.15) is 0 Å². The van der Waals surface area contributed by atoms with Crippen LogP contribution in [0, 0.1) is 24.1 Å². The first-order valence-electron chi connectivity index (χ1n) is 28.5. The lowest BCUT2D eigenvalue weighted by Gasteiger charge is -2.57. The maximum Gasteiger partial charge on any atom is 0.269 e. The maximum absolute atomic E-state index is 9.48. The van der Waals surface area contributed by atoms with Gasteiger partial charge < -0.3 is 4.74 Å². The molecule has 7 aromatic carbocycles. The lowest BCUT2D eigenvalue weighted by atomic mass is 9.48. The van der Waals surface area contributed by atoms with Crippen molar-refractivity contribution in [2.24, 2.45) is 17.8 Å². The predicted molar refractivity (Wildman–Crippen MR) is 272 cm³/mol. The van der Waals surface area contributed by atoms with E-state index in [0.717, 1.165) is 71.7 Å². The summed E-state index contributed by atoms with van der Waals surface area (Å²) in [4.78, 5) is 4.86. The van der Waals surface area contributed by atoms with Gasteiger partial charge in [0.2, 0.25) is 0 Å². The Balaban J connectivity index is 1.02. The van der Waals surface area contributed by atoms with Crippen LogP contribution < -0.4 is 9.30 Å². The SMILES string of the molecule is [2H]c1c([2H])c([2H])c(-c2cc(C34CC5CC(CC(C5)C3)C4)cc(-c3c([2H])c([2H])c([2H])c([2H])c3[2H])c2-[n+]2[c-]n(-c3cccc(Oc4ccc5c6ccccc6n(-c6cc(C(C)(C)C)ccn6)c5c4)c3)c3ccccc32)c([2H])c1[2H]. The van der Waals surface area contributed by atoms with Gasteiger partial charge in [0.15, 0.2) is 0 Å². The van der Waals surface area contributed by atoms with E-state index in [1.807, 2.05) is 95.7 Å². The molecular formula is C62H54N4O. The van der Waals surface area contributed by atoms with Gasteiger partial charge in [-0.1, -0.05) is 142 Å². The average molecular weight is 881 g/mol. The minimum atomic E-state index is -0.531. The summed E-state index contributed by atoms with van der Waals surface area (Å²) < 4.78 is 103. The van der Waals surface area contributed by atoms with Crippen LogP contribution in [-0.4, -0.2) is 14.1 Å². The van der Waals surface area contributed by atoms with Crippen LogP contribution in [0.2, 0.25) is 0 Å².